The predicted octanol–water partition coefficient (Wildman–Crippen LogP) is 14.3. The fraction of sp³-hybridized carbons (Fsp3) is 1.00. The zero-order valence-corrected chi connectivity index (χ0v) is 33.3. The van der Waals surface area contributed by atoms with Gasteiger partial charge in [0, 0.05) is 10.7 Å². The number of alkyl halides is 2. The number of hydrogen-bond donors (Lipinski definition) is 0. The van der Waals surface area contributed by atoms with Crippen LogP contribution in [0.25, 0.3) is 0 Å². The molecule has 0 amide bonds. The molecule has 0 heterocycles. The summed E-state index contributed by atoms with van der Waals surface area (Å²) in [6, 6.07) is 2.69. The van der Waals surface area contributed by atoms with E-state index in [1.165, 1.54) is 151 Å². The van der Waals surface area contributed by atoms with Gasteiger partial charge in [-0.1, -0.05) is 189 Å². The van der Waals surface area contributed by atoms with Crippen LogP contribution in [0.1, 0.15) is 170 Å². The third-order valence-electron chi connectivity index (χ3n) is 9.70. The Balaban J connectivity index is 4.56. The van der Waals surface area contributed by atoms with Crippen LogP contribution in [0.15, 0.2) is 0 Å². The number of hydrogen-bond acceptors (Lipinski definition) is 1. The largest absolute Gasteiger partial charge is 0.454 e. The van der Waals surface area contributed by atoms with E-state index >= 15 is 0 Å². The first-order valence-electron chi connectivity index (χ1n) is 17.1. The summed E-state index contributed by atoms with van der Waals surface area (Å²) in [6.07, 6.45) is 28.2. The number of unbranched alkanes of at least 4 members (excludes halogenated alkanes) is 18. The fourth-order valence-corrected chi connectivity index (χ4v) is 17.0. The standard InChI is InChI=1S/C34H72Br2OSi2/c1-33(2,3)38(7,31-27-23-19-15-11-9-13-17-21-25-29-35)37-39(8,34(4,5)6)32-28-24-20-16-12-10-14-18-22-26-30-36/h9-32H2,1-8H3. The fourth-order valence-electron chi connectivity index (χ4n) is 5.60. The Bertz CT molecular complexity index is 512. The van der Waals surface area contributed by atoms with E-state index < -0.39 is 16.6 Å². The molecular formula is C34H72Br2OSi2. The van der Waals surface area contributed by atoms with E-state index in [0.717, 1.165) is 0 Å². The molecule has 1 nitrogen and oxygen atoms in total. The first-order valence-corrected chi connectivity index (χ1v) is 24.6. The van der Waals surface area contributed by atoms with Crippen molar-refractivity contribution in [2.75, 3.05) is 10.7 Å². The van der Waals surface area contributed by atoms with Crippen LogP contribution >= 0.6 is 31.9 Å². The summed E-state index contributed by atoms with van der Waals surface area (Å²) < 4.78 is 7.61. The number of rotatable bonds is 26. The molecule has 2 atom stereocenters. The van der Waals surface area contributed by atoms with Gasteiger partial charge in [0.2, 0.25) is 0 Å². The van der Waals surface area contributed by atoms with Crippen molar-refractivity contribution in [3.8, 4) is 0 Å². The quantitative estimate of drug-likeness (QED) is 0.0493. The molecule has 0 radical (unpaired) electrons. The van der Waals surface area contributed by atoms with E-state index in [1.54, 1.807) is 0 Å². The lowest BCUT2D eigenvalue weighted by atomic mass is 10.1. The normalized spacial score (nSPS) is 15.8. The van der Waals surface area contributed by atoms with Gasteiger partial charge in [0.15, 0.2) is 16.6 Å². The first-order chi connectivity index (χ1) is 18.3. The summed E-state index contributed by atoms with van der Waals surface area (Å²) in [5.41, 5.74) is 0. The second-order valence-corrected chi connectivity index (χ2v) is 26.3. The summed E-state index contributed by atoms with van der Waals surface area (Å²) in [6.45, 7) is 20.1. The van der Waals surface area contributed by atoms with Crippen molar-refractivity contribution in [3.63, 3.8) is 0 Å². The molecule has 0 aliphatic heterocycles. The monoisotopic (exact) mass is 710 g/mol. The topological polar surface area (TPSA) is 9.23 Å². The molecule has 0 aromatic rings. The van der Waals surface area contributed by atoms with Crippen molar-refractivity contribution in [3.05, 3.63) is 0 Å². The maximum atomic E-state index is 7.61. The molecule has 0 N–H and O–H groups in total. The predicted molar refractivity (Wildman–Crippen MR) is 193 cm³/mol. The minimum absolute atomic E-state index is 0.302. The third kappa shape index (κ3) is 19.3. The molecule has 0 aromatic carbocycles. The maximum Gasteiger partial charge on any atom is 0.182 e. The molecule has 0 fully saturated rings. The van der Waals surface area contributed by atoms with Crippen molar-refractivity contribution in [2.24, 2.45) is 0 Å². The minimum Gasteiger partial charge on any atom is -0.454 e. The molecule has 0 aliphatic carbocycles. The summed E-state index contributed by atoms with van der Waals surface area (Å²) in [7, 11) is -3.67. The summed E-state index contributed by atoms with van der Waals surface area (Å²) in [5.74, 6) is 0. The van der Waals surface area contributed by atoms with Crippen LogP contribution in [-0.4, -0.2) is 27.3 Å². The van der Waals surface area contributed by atoms with Crippen molar-refractivity contribution in [1.82, 2.24) is 0 Å². The van der Waals surface area contributed by atoms with E-state index in [9.17, 15) is 0 Å². The third-order valence-corrected chi connectivity index (χ3v) is 23.4. The lowest BCUT2D eigenvalue weighted by Gasteiger charge is -2.50. The second-order valence-electron chi connectivity index (χ2n) is 15.0. The molecule has 39 heavy (non-hydrogen) atoms. The molecule has 2 unspecified atom stereocenters. The molecule has 0 bridgehead atoms. The molecule has 236 valence electrons. The lowest BCUT2D eigenvalue weighted by Crippen LogP contribution is -2.56. The molecular weight excluding hydrogens is 640 g/mol. The Morgan fingerprint density at radius 1 is 0.385 bits per heavy atom. The van der Waals surface area contributed by atoms with Crippen molar-refractivity contribution >= 4 is 48.5 Å². The van der Waals surface area contributed by atoms with Crippen LogP contribution in [0.4, 0.5) is 0 Å². The zero-order valence-electron chi connectivity index (χ0n) is 28.1. The van der Waals surface area contributed by atoms with Crippen molar-refractivity contribution < 1.29 is 4.12 Å². The molecule has 0 saturated heterocycles. The van der Waals surface area contributed by atoms with Gasteiger partial charge >= 0.3 is 0 Å². The van der Waals surface area contributed by atoms with Gasteiger partial charge in [0.1, 0.15) is 0 Å². The van der Waals surface area contributed by atoms with Gasteiger partial charge in [-0.15, -0.1) is 0 Å². The summed E-state index contributed by atoms with van der Waals surface area (Å²) in [5, 5.41) is 2.94. The van der Waals surface area contributed by atoms with E-state index in [0.29, 0.717) is 10.1 Å². The van der Waals surface area contributed by atoms with Crippen LogP contribution in [0.3, 0.4) is 0 Å². The Morgan fingerprint density at radius 2 is 0.590 bits per heavy atom. The van der Waals surface area contributed by atoms with Gasteiger partial charge in [-0.05, 0) is 48.1 Å². The molecule has 0 aliphatic rings. The van der Waals surface area contributed by atoms with Crippen LogP contribution in [0.2, 0.25) is 35.3 Å². The lowest BCUT2D eigenvalue weighted by molar-refractivity contribution is 0.424. The van der Waals surface area contributed by atoms with E-state index in [2.05, 4.69) is 86.5 Å². The molecule has 0 spiro atoms. The summed E-state index contributed by atoms with van der Waals surface area (Å²) in [4.78, 5) is 0. The van der Waals surface area contributed by atoms with Crippen molar-refractivity contribution in [2.45, 2.75) is 205 Å². The van der Waals surface area contributed by atoms with Gasteiger partial charge in [0.05, 0.1) is 0 Å². The van der Waals surface area contributed by atoms with Crippen LogP contribution < -0.4 is 0 Å². The van der Waals surface area contributed by atoms with Crippen LogP contribution in [-0.2, 0) is 4.12 Å². The van der Waals surface area contributed by atoms with Crippen molar-refractivity contribution in [1.29, 1.82) is 0 Å². The van der Waals surface area contributed by atoms with Crippen LogP contribution in [0, 0.1) is 0 Å². The highest BCUT2D eigenvalue weighted by Crippen LogP contribution is 2.49. The van der Waals surface area contributed by atoms with Gasteiger partial charge in [0.25, 0.3) is 0 Å². The average molecular weight is 713 g/mol. The Morgan fingerprint density at radius 3 is 0.795 bits per heavy atom. The number of halogens is 2. The smallest absolute Gasteiger partial charge is 0.182 e. The minimum atomic E-state index is -1.84. The van der Waals surface area contributed by atoms with E-state index in [-0.39, 0.29) is 0 Å². The SMILES string of the molecule is CC(C)(C)[Si](C)(CCCCCCCCCCCCBr)O[Si](C)(CCCCCCCCCCCCBr)C(C)(C)C. The van der Waals surface area contributed by atoms with Crippen LogP contribution in [0.5, 0.6) is 0 Å². The highest BCUT2D eigenvalue weighted by molar-refractivity contribution is 9.09. The van der Waals surface area contributed by atoms with Gasteiger partial charge < -0.3 is 4.12 Å². The molecule has 0 aromatic heterocycles. The average Bonchev–Trinajstić information content (AvgIpc) is 2.84. The van der Waals surface area contributed by atoms with E-state index in [4.69, 9.17) is 4.12 Å². The summed E-state index contributed by atoms with van der Waals surface area (Å²) >= 11 is 7.09. The van der Waals surface area contributed by atoms with Gasteiger partial charge in [-0.2, -0.15) is 0 Å². The molecule has 0 rings (SSSR count). The first kappa shape index (κ1) is 40.4. The Hall–Kier alpha value is 1.35. The molecule has 0 saturated carbocycles. The van der Waals surface area contributed by atoms with E-state index in [1.807, 2.05) is 0 Å². The zero-order chi connectivity index (χ0) is 29.7. The second kappa shape index (κ2) is 22.8. The van der Waals surface area contributed by atoms with Gasteiger partial charge in [-0.25, -0.2) is 0 Å². The highest BCUT2D eigenvalue weighted by Gasteiger charge is 2.50. The maximum absolute atomic E-state index is 7.61. The molecule has 5 heteroatoms. The highest BCUT2D eigenvalue weighted by atomic mass is 79.9. The van der Waals surface area contributed by atoms with Gasteiger partial charge in [-0.3, -0.25) is 0 Å². The Kier molecular flexibility index (Phi) is 23.6. The Labute approximate surface area is 267 Å².